The van der Waals surface area contributed by atoms with Crippen LogP contribution in [-0.4, -0.2) is 34.3 Å². The summed E-state index contributed by atoms with van der Waals surface area (Å²) in [7, 11) is 0. The fraction of sp³-hybridized carbons (Fsp3) is 0.294. The molecule has 1 aromatic heterocycles. The monoisotopic (exact) mass is 320 g/mol. The maximum absolute atomic E-state index is 9.62. The van der Waals surface area contributed by atoms with E-state index < -0.39 is 0 Å². The average molecular weight is 320 g/mol. The highest BCUT2D eigenvalue weighted by Crippen LogP contribution is 2.28. The van der Waals surface area contributed by atoms with Crippen molar-refractivity contribution in [2.24, 2.45) is 0 Å². The number of nitriles is 2. The third-order valence-electron chi connectivity index (χ3n) is 3.99. The summed E-state index contributed by atoms with van der Waals surface area (Å²) in [6.07, 6.45) is 4.11. The number of hydrogen-bond acceptors (Lipinski definition) is 7. The van der Waals surface area contributed by atoms with Gasteiger partial charge in [0, 0.05) is 31.2 Å². The van der Waals surface area contributed by atoms with Crippen molar-refractivity contribution in [1.29, 1.82) is 10.5 Å². The maximum atomic E-state index is 9.62. The van der Waals surface area contributed by atoms with Gasteiger partial charge in [0.25, 0.3) is 0 Å². The van der Waals surface area contributed by atoms with Gasteiger partial charge in [0.05, 0.1) is 17.4 Å². The van der Waals surface area contributed by atoms with Crippen molar-refractivity contribution in [3.8, 4) is 12.1 Å². The molecule has 1 saturated heterocycles. The summed E-state index contributed by atoms with van der Waals surface area (Å²) in [6, 6.07) is 9.64. The molecule has 2 N–H and O–H groups in total. The second-order valence-corrected chi connectivity index (χ2v) is 5.55. The summed E-state index contributed by atoms with van der Waals surface area (Å²) in [5, 5.41) is 31.2. The summed E-state index contributed by atoms with van der Waals surface area (Å²) < 4.78 is 0. The van der Waals surface area contributed by atoms with Gasteiger partial charge < -0.3 is 15.3 Å². The summed E-state index contributed by atoms with van der Waals surface area (Å²) in [6.45, 7) is 1.46. The number of piperidine rings is 1. The highest BCUT2D eigenvalue weighted by atomic mass is 16.3. The first-order valence-corrected chi connectivity index (χ1v) is 7.66. The zero-order chi connectivity index (χ0) is 16.9. The first kappa shape index (κ1) is 15.7. The SMILES string of the molecule is N#Cc1cc(Nc2nccnc2C#N)ccc1N1CCC(O)CC1. The number of nitrogens with one attached hydrogen (secondary N) is 1. The minimum atomic E-state index is -0.256. The standard InChI is InChI=1S/C17H16N6O/c18-10-12-9-13(22-17-15(11-19)20-5-6-21-17)1-2-16(12)23-7-3-14(24)4-8-23/h1-2,5-6,9,14,24H,3-4,7-8H2,(H,21,22). The van der Waals surface area contributed by atoms with E-state index in [9.17, 15) is 10.4 Å². The quantitative estimate of drug-likeness (QED) is 0.889. The molecule has 120 valence electrons. The Balaban J connectivity index is 1.85. The largest absolute Gasteiger partial charge is 0.393 e. The van der Waals surface area contributed by atoms with Crippen LogP contribution in [0, 0.1) is 22.7 Å². The molecule has 0 amide bonds. The third kappa shape index (κ3) is 3.27. The molecule has 1 aliphatic rings. The maximum Gasteiger partial charge on any atom is 0.183 e. The van der Waals surface area contributed by atoms with Crippen LogP contribution in [0.5, 0.6) is 0 Å². The fourth-order valence-corrected chi connectivity index (χ4v) is 2.73. The van der Waals surface area contributed by atoms with Crippen LogP contribution in [0.4, 0.5) is 17.2 Å². The highest BCUT2D eigenvalue weighted by Gasteiger charge is 2.19. The van der Waals surface area contributed by atoms with Crippen LogP contribution in [-0.2, 0) is 0 Å². The molecule has 2 heterocycles. The first-order valence-electron chi connectivity index (χ1n) is 7.66. The van der Waals surface area contributed by atoms with Crippen molar-refractivity contribution in [2.45, 2.75) is 18.9 Å². The zero-order valence-corrected chi connectivity index (χ0v) is 13.0. The molecule has 1 fully saturated rings. The van der Waals surface area contributed by atoms with Crippen molar-refractivity contribution in [2.75, 3.05) is 23.3 Å². The molecule has 1 aromatic carbocycles. The predicted octanol–water partition coefficient (Wildman–Crippen LogP) is 1.92. The molecule has 7 heteroatoms. The molecule has 0 atom stereocenters. The van der Waals surface area contributed by atoms with Gasteiger partial charge in [0.15, 0.2) is 11.5 Å². The van der Waals surface area contributed by atoms with E-state index in [-0.39, 0.29) is 11.8 Å². The second kappa shape index (κ2) is 6.95. The van der Waals surface area contributed by atoms with Crippen LogP contribution in [0.1, 0.15) is 24.1 Å². The molecule has 2 aromatic rings. The van der Waals surface area contributed by atoms with Crippen LogP contribution >= 0.6 is 0 Å². The van der Waals surface area contributed by atoms with E-state index in [1.807, 2.05) is 18.2 Å². The van der Waals surface area contributed by atoms with Crippen LogP contribution in [0.2, 0.25) is 0 Å². The Morgan fingerprint density at radius 1 is 1.12 bits per heavy atom. The summed E-state index contributed by atoms with van der Waals surface area (Å²) in [5.74, 6) is 0.359. The molecule has 0 unspecified atom stereocenters. The summed E-state index contributed by atoms with van der Waals surface area (Å²) in [5.41, 5.74) is 2.27. The molecule has 1 aliphatic heterocycles. The van der Waals surface area contributed by atoms with Gasteiger partial charge in [-0.15, -0.1) is 0 Å². The minimum absolute atomic E-state index is 0.199. The van der Waals surface area contributed by atoms with Gasteiger partial charge in [0.2, 0.25) is 0 Å². The van der Waals surface area contributed by atoms with Gasteiger partial charge in [-0.2, -0.15) is 10.5 Å². The molecule has 7 nitrogen and oxygen atoms in total. The van der Waals surface area contributed by atoms with Crippen molar-refractivity contribution in [1.82, 2.24) is 9.97 Å². The van der Waals surface area contributed by atoms with E-state index >= 15 is 0 Å². The topological polar surface area (TPSA) is 109 Å². The average Bonchev–Trinajstić information content (AvgIpc) is 2.63. The molecule has 0 saturated carbocycles. The molecule has 0 spiro atoms. The number of benzene rings is 1. The van der Waals surface area contributed by atoms with E-state index in [4.69, 9.17) is 5.26 Å². The van der Waals surface area contributed by atoms with Crippen LogP contribution in [0.25, 0.3) is 0 Å². The lowest BCUT2D eigenvalue weighted by molar-refractivity contribution is 0.145. The first-order chi connectivity index (χ1) is 11.7. The number of aromatic nitrogens is 2. The zero-order valence-electron chi connectivity index (χ0n) is 13.0. The van der Waals surface area contributed by atoms with E-state index in [2.05, 4.69) is 26.3 Å². The smallest absolute Gasteiger partial charge is 0.183 e. The van der Waals surface area contributed by atoms with Crippen molar-refractivity contribution in [3.63, 3.8) is 0 Å². The molecule has 0 aliphatic carbocycles. The number of aliphatic hydroxyl groups excluding tert-OH is 1. The van der Waals surface area contributed by atoms with Crippen LogP contribution in [0.3, 0.4) is 0 Å². The molecular formula is C17H16N6O. The van der Waals surface area contributed by atoms with E-state index in [0.717, 1.165) is 18.8 Å². The van der Waals surface area contributed by atoms with E-state index in [0.29, 0.717) is 29.9 Å². The normalized spacial score (nSPS) is 14.7. The lowest BCUT2D eigenvalue weighted by Crippen LogP contribution is -2.36. The van der Waals surface area contributed by atoms with Crippen LogP contribution < -0.4 is 10.2 Å². The third-order valence-corrected chi connectivity index (χ3v) is 3.99. The predicted molar refractivity (Wildman–Crippen MR) is 88.6 cm³/mol. The Kier molecular flexibility index (Phi) is 4.55. The van der Waals surface area contributed by atoms with Gasteiger partial charge in [-0.3, -0.25) is 0 Å². The Morgan fingerprint density at radius 2 is 1.88 bits per heavy atom. The minimum Gasteiger partial charge on any atom is -0.393 e. The van der Waals surface area contributed by atoms with Gasteiger partial charge >= 0.3 is 0 Å². The van der Waals surface area contributed by atoms with Crippen LogP contribution in [0.15, 0.2) is 30.6 Å². The number of nitrogens with zero attached hydrogens (tertiary/aromatic N) is 5. The van der Waals surface area contributed by atoms with Gasteiger partial charge in [-0.1, -0.05) is 0 Å². The van der Waals surface area contributed by atoms with Crippen molar-refractivity contribution in [3.05, 3.63) is 41.9 Å². The number of aliphatic hydroxyl groups is 1. The molecule has 3 rings (SSSR count). The number of rotatable bonds is 3. The fourth-order valence-electron chi connectivity index (χ4n) is 2.73. The Labute approximate surface area is 139 Å². The molecular weight excluding hydrogens is 304 g/mol. The van der Waals surface area contributed by atoms with Gasteiger partial charge in [-0.05, 0) is 31.0 Å². The molecule has 0 radical (unpaired) electrons. The molecule has 0 bridgehead atoms. The lowest BCUT2D eigenvalue weighted by atomic mass is 10.0. The molecule has 24 heavy (non-hydrogen) atoms. The summed E-state index contributed by atoms with van der Waals surface area (Å²) in [4.78, 5) is 10.2. The highest BCUT2D eigenvalue weighted by molar-refractivity contribution is 5.69. The van der Waals surface area contributed by atoms with E-state index in [1.165, 1.54) is 12.4 Å². The summed E-state index contributed by atoms with van der Waals surface area (Å²) >= 11 is 0. The lowest BCUT2D eigenvalue weighted by Gasteiger charge is -2.32. The van der Waals surface area contributed by atoms with E-state index in [1.54, 1.807) is 6.07 Å². The second-order valence-electron chi connectivity index (χ2n) is 5.55. The van der Waals surface area contributed by atoms with Gasteiger partial charge in [-0.25, -0.2) is 9.97 Å². The van der Waals surface area contributed by atoms with Crippen molar-refractivity contribution < 1.29 is 5.11 Å². The Morgan fingerprint density at radius 3 is 2.58 bits per heavy atom. The number of hydrogen-bond donors (Lipinski definition) is 2. The van der Waals surface area contributed by atoms with Crippen molar-refractivity contribution >= 4 is 17.2 Å². The number of anilines is 3. The Bertz CT molecular complexity index is 815. The van der Waals surface area contributed by atoms with Gasteiger partial charge in [0.1, 0.15) is 12.1 Å². The Hall–Kier alpha value is -3.16.